The predicted octanol–water partition coefficient (Wildman–Crippen LogP) is 5.06. The van der Waals surface area contributed by atoms with Gasteiger partial charge < -0.3 is 14.7 Å². The van der Waals surface area contributed by atoms with Crippen molar-refractivity contribution in [3.8, 4) is 0 Å². The number of morpholine rings is 1. The van der Waals surface area contributed by atoms with E-state index >= 15 is 0 Å². The average Bonchev–Trinajstić information content (AvgIpc) is 2.63. The molecule has 0 bridgehead atoms. The molecule has 0 aromatic heterocycles. The molecule has 1 amide bonds. The van der Waals surface area contributed by atoms with Crippen molar-refractivity contribution in [3.63, 3.8) is 0 Å². The normalized spacial score (nSPS) is 21.4. The summed E-state index contributed by atoms with van der Waals surface area (Å²) in [4.78, 5) is 14.4. The number of hydrogen-bond donors (Lipinski definition) is 1. The summed E-state index contributed by atoms with van der Waals surface area (Å²) in [5.41, 5.74) is 1.64. The topological polar surface area (TPSA) is 49.8 Å². The molecule has 0 spiro atoms. The van der Waals surface area contributed by atoms with Gasteiger partial charge in [0.2, 0.25) is 5.91 Å². The van der Waals surface area contributed by atoms with Crippen molar-refractivity contribution in [1.29, 1.82) is 0 Å². The minimum absolute atomic E-state index is 0.0740. The predicted molar refractivity (Wildman–Crippen MR) is 107 cm³/mol. The van der Waals surface area contributed by atoms with Crippen LogP contribution in [-0.2, 0) is 9.53 Å². The Kier molecular flexibility index (Phi) is 6.66. The van der Waals surface area contributed by atoms with E-state index in [0.717, 1.165) is 11.1 Å². The molecule has 1 heterocycles. The Morgan fingerprint density at radius 1 is 1.07 bits per heavy atom. The highest BCUT2D eigenvalue weighted by molar-refractivity contribution is 6.34. The zero-order valence-corrected chi connectivity index (χ0v) is 17.0. The molecule has 7 heteroatoms. The Balaban J connectivity index is 2.12. The standard InChI is InChI=1S/C20H20Cl3NO3/c1-2-17(10-25)24-18(26)11-27-20(13-7-15(22)9-16(23)8-13)19(24)12-3-5-14(21)6-4-12/h3-9,17,19-20,25H,2,10-11H2,1H3. The van der Waals surface area contributed by atoms with Gasteiger partial charge in [-0.25, -0.2) is 0 Å². The molecule has 1 saturated heterocycles. The van der Waals surface area contributed by atoms with E-state index in [1.165, 1.54) is 0 Å². The number of carbonyl (C=O) groups is 1. The third-order valence-electron chi connectivity index (χ3n) is 4.76. The molecular formula is C20H20Cl3NO3. The molecule has 144 valence electrons. The second-order valence-corrected chi connectivity index (χ2v) is 7.79. The van der Waals surface area contributed by atoms with Gasteiger partial charge in [0.05, 0.1) is 18.7 Å². The van der Waals surface area contributed by atoms with E-state index in [-0.39, 0.29) is 25.2 Å². The molecular weight excluding hydrogens is 409 g/mol. The molecule has 1 aliphatic rings. The average molecular weight is 429 g/mol. The number of ether oxygens (including phenoxy) is 1. The van der Waals surface area contributed by atoms with Crippen LogP contribution in [-0.4, -0.2) is 35.2 Å². The second-order valence-electron chi connectivity index (χ2n) is 6.48. The number of nitrogens with zero attached hydrogens (tertiary/aromatic N) is 1. The number of aliphatic hydroxyl groups is 1. The van der Waals surface area contributed by atoms with Crippen LogP contribution in [0.1, 0.15) is 36.6 Å². The lowest BCUT2D eigenvalue weighted by atomic mass is 9.91. The molecule has 0 aliphatic carbocycles. The summed E-state index contributed by atoms with van der Waals surface area (Å²) in [6.45, 7) is 1.73. The zero-order chi connectivity index (χ0) is 19.6. The third kappa shape index (κ3) is 4.41. The first-order chi connectivity index (χ1) is 12.9. The summed E-state index contributed by atoms with van der Waals surface area (Å²) >= 11 is 18.4. The number of aliphatic hydroxyl groups excluding tert-OH is 1. The maximum Gasteiger partial charge on any atom is 0.249 e. The van der Waals surface area contributed by atoms with Crippen LogP contribution in [0.5, 0.6) is 0 Å². The van der Waals surface area contributed by atoms with Crippen LogP contribution in [0.2, 0.25) is 15.1 Å². The monoisotopic (exact) mass is 427 g/mol. The van der Waals surface area contributed by atoms with Gasteiger partial charge >= 0.3 is 0 Å². The number of hydrogen-bond acceptors (Lipinski definition) is 3. The molecule has 2 aromatic carbocycles. The molecule has 2 aromatic rings. The number of benzene rings is 2. The van der Waals surface area contributed by atoms with E-state index in [9.17, 15) is 9.90 Å². The van der Waals surface area contributed by atoms with E-state index in [0.29, 0.717) is 21.5 Å². The van der Waals surface area contributed by atoms with Gasteiger partial charge in [0.25, 0.3) is 0 Å². The maximum absolute atomic E-state index is 12.7. The number of amides is 1. The summed E-state index contributed by atoms with van der Waals surface area (Å²) in [6, 6.07) is 11.7. The van der Waals surface area contributed by atoms with Crippen molar-refractivity contribution >= 4 is 40.7 Å². The van der Waals surface area contributed by atoms with Crippen LogP contribution < -0.4 is 0 Å². The molecule has 0 saturated carbocycles. The molecule has 1 aliphatic heterocycles. The van der Waals surface area contributed by atoms with Crippen molar-refractivity contribution in [3.05, 3.63) is 68.7 Å². The van der Waals surface area contributed by atoms with Crippen LogP contribution in [0.25, 0.3) is 0 Å². The number of rotatable bonds is 5. The lowest BCUT2D eigenvalue weighted by molar-refractivity contribution is -0.165. The Hall–Kier alpha value is -1.30. The van der Waals surface area contributed by atoms with Gasteiger partial charge in [-0.2, -0.15) is 0 Å². The summed E-state index contributed by atoms with van der Waals surface area (Å²) < 4.78 is 5.93. The Morgan fingerprint density at radius 3 is 2.26 bits per heavy atom. The van der Waals surface area contributed by atoms with E-state index in [1.54, 1.807) is 35.2 Å². The first kappa shape index (κ1) is 20.4. The van der Waals surface area contributed by atoms with Crippen LogP contribution in [0.15, 0.2) is 42.5 Å². The van der Waals surface area contributed by atoms with Gasteiger partial charge in [0.15, 0.2) is 0 Å². The molecule has 3 unspecified atom stereocenters. The summed E-state index contributed by atoms with van der Waals surface area (Å²) in [6.07, 6.45) is 0.149. The molecule has 1 fully saturated rings. The zero-order valence-electron chi connectivity index (χ0n) is 14.7. The lowest BCUT2D eigenvalue weighted by Gasteiger charge is -2.45. The Labute approximate surface area is 173 Å². The van der Waals surface area contributed by atoms with Gasteiger partial charge in [-0.05, 0) is 47.9 Å². The molecule has 27 heavy (non-hydrogen) atoms. The maximum atomic E-state index is 12.7. The van der Waals surface area contributed by atoms with Crippen molar-refractivity contribution < 1.29 is 14.6 Å². The van der Waals surface area contributed by atoms with E-state index in [1.807, 2.05) is 19.1 Å². The van der Waals surface area contributed by atoms with Crippen LogP contribution in [0, 0.1) is 0 Å². The van der Waals surface area contributed by atoms with Gasteiger partial charge in [-0.15, -0.1) is 0 Å². The fraction of sp³-hybridized carbons (Fsp3) is 0.350. The van der Waals surface area contributed by atoms with E-state index < -0.39 is 12.1 Å². The molecule has 4 nitrogen and oxygen atoms in total. The summed E-state index contributed by atoms with van der Waals surface area (Å²) in [7, 11) is 0. The molecule has 3 rings (SSSR count). The van der Waals surface area contributed by atoms with Crippen molar-refractivity contribution in [2.24, 2.45) is 0 Å². The Morgan fingerprint density at radius 2 is 1.70 bits per heavy atom. The molecule has 0 radical (unpaired) electrons. The minimum atomic E-state index is -0.472. The highest BCUT2D eigenvalue weighted by atomic mass is 35.5. The number of halogens is 3. The molecule has 3 atom stereocenters. The van der Waals surface area contributed by atoms with Gasteiger partial charge in [-0.1, -0.05) is 53.9 Å². The smallest absolute Gasteiger partial charge is 0.249 e. The largest absolute Gasteiger partial charge is 0.394 e. The first-order valence-corrected chi connectivity index (χ1v) is 9.83. The van der Waals surface area contributed by atoms with Gasteiger partial charge in [0, 0.05) is 15.1 Å². The minimum Gasteiger partial charge on any atom is -0.394 e. The third-order valence-corrected chi connectivity index (χ3v) is 5.45. The van der Waals surface area contributed by atoms with Crippen molar-refractivity contribution in [2.75, 3.05) is 13.2 Å². The van der Waals surface area contributed by atoms with Crippen LogP contribution in [0.4, 0.5) is 0 Å². The second kappa shape index (κ2) is 8.80. The van der Waals surface area contributed by atoms with E-state index in [4.69, 9.17) is 39.5 Å². The summed E-state index contributed by atoms with van der Waals surface area (Å²) in [5, 5.41) is 11.4. The van der Waals surface area contributed by atoms with E-state index in [2.05, 4.69) is 0 Å². The highest BCUT2D eigenvalue weighted by Crippen LogP contribution is 2.42. The fourth-order valence-electron chi connectivity index (χ4n) is 3.49. The van der Waals surface area contributed by atoms with Gasteiger partial charge in [-0.3, -0.25) is 4.79 Å². The summed E-state index contributed by atoms with van der Waals surface area (Å²) in [5.74, 6) is -0.166. The quantitative estimate of drug-likeness (QED) is 0.724. The van der Waals surface area contributed by atoms with Crippen LogP contribution in [0.3, 0.4) is 0 Å². The first-order valence-electron chi connectivity index (χ1n) is 8.69. The number of carbonyl (C=O) groups excluding carboxylic acids is 1. The van der Waals surface area contributed by atoms with Crippen molar-refractivity contribution in [2.45, 2.75) is 31.5 Å². The molecule has 1 N–H and O–H groups in total. The lowest BCUT2D eigenvalue weighted by Crippen LogP contribution is -2.51. The van der Waals surface area contributed by atoms with Crippen LogP contribution >= 0.6 is 34.8 Å². The van der Waals surface area contributed by atoms with Gasteiger partial charge in [0.1, 0.15) is 12.7 Å². The fourth-order valence-corrected chi connectivity index (χ4v) is 4.15. The SMILES string of the molecule is CCC(CO)N1C(=O)COC(c2cc(Cl)cc(Cl)c2)C1c1ccc(Cl)cc1. The Bertz CT molecular complexity index is 788. The van der Waals surface area contributed by atoms with Crippen molar-refractivity contribution in [1.82, 2.24) is 4.90 Å². The highest BCUT2D eigenvalue weighted by Gasteiger charge is 2.41.